The van der Waals surface area contributed by atoms with Crippen LogP contribution in [0, 0.1) is 13.8 Å². The Labute approximate surface area is 378 Å². The number of aryl methyl sites for hydroxylation is 2. The van der Waals surface area contributed by atoms with Gasteiger partial charge in [0, 0.05) is 40.8 Å². The predicted molar refractivity (Wildman–Crippen MR) is 260 cm³/mol. The summed E-state index contributed by atoms with van der Waals surface area (Å²) in [6.07, 6.45) is 1.67. The van der Waals surface area contributed by atoms with Crippen molar-refractivity contribution in [3.8, 4) is 78.6 Å². The highest BCUT2D eigenvalue weighted by atomic mass is 16.3. The van der Waals surface area contributed by atoms with Gasteiger partial charge in [0.15, 0.2) is 0 Å². The topological polar surface area (TPSA) is 50.9 Å². The normalized spacial score (nSPS) is 14.7. The van der Waals surface area contributed by atoms with E-state index in [4.69, 9.17) is 22.3 Å². The van der Waals surface area contributed by atoms with Gasteiger partial charge in [-0.15, -0.1) is 0 Å². The third kappa shape index (κ3) is 7.74. The summed E-state index contributed by atoms with van der Waals surface area (Å²) in [5, 5.41) is 12.3. The Morgan fingerprint density at radius 3 is 1.89 bits per heavy atom. The summed E-state index contributed by atoms with van der Waals surface area (Å²) < 4.78 is 76.0. The van der Waals surface area contributed by atoms with Crippen LogP contribution in [0.15, 0.2) is 170 Å². The third-order valence-corrected chi connectivity index (χ3v) is 11.5. The van der Waals surface area contributed by atoms with Crippen molar-refractivity contribution in [1.82, 2.24) is 14.5 Å². The van der Waals surface area contributed by atoms with Gasteiger partial charge in [0.2, 0.25) is 0 Å². The van der Waals surface area contributed by atoms with Crippen molar-refractivity contribution >= 4 is 11.0 Å². The first-order valence-corrected chi connectivity index (χ1v) is 20.8. The average Bonchev–Trinajstić information content (AvgIpc) is 3.71. The van der Waals surface area contributed by atoms with Gasteiger partial charge < -0.3 is 5.11 Å². The van der Waals surface area contributed by atoms with E-state index in [-0.39, 0.29) is 16.7 Å². The lowest BCUT2D eigenvalue weighted by molar-refractivity contribution is 0.448. The molecule has 0 radical (unpaired) electrons. The minimum Gasteiger partial charge on any atom is -0.507 e. The molecule has 7 aromatic carbocycles. The molecule has 0 spiro atoms. The minimum absolute atomic E-state index is 0.176. The molecule has 0 fully saturated rings. The molecule has 0 aliphatic heterocycles. The number of fused-ring (bicyclic) bond motifs is 1. The van der Waals surface area contributed by atoms with Crippen molar-refractivity contribution in [1.29, 1.82) is 0 Å². The molecule has 0 aliphatic rings. The molecule has 4 nitrogen and oxygen atoms in total. The highest BCUT2D eigenvalue weighted by molar-refractivity contribution is 5.98. The maximum atomic E-state index is 12.3. The lowest BCUT2D eigenvalue weighted by Gasteiger charge is -2.23. The van der Waals surface area contributed by atoms with Crippen LogP contribution < -0.4 is 0 Å². The molecule has 4 heteroatoms. The van der Waals surface area contributed by atoms with Crippen LogP contribution in [0.2, 0.25) is 0 Å². The zero-order chi connectivity index (χ0) is 50.8. The first-order chi connectivity index (χ1) is 33.5. The fourth-order valence-corrected chi connectivity index (χ4v) is 8.38. The summed E-state index contributed by atoms with van der Waals surface area (Å²) in [5.74, 6) is 0.767. The van der Waals surface area contributed by atoms with Crippen LogP contribution in [0.25, 0.3) is 83.9 Å². The fourth-order valence-electron chi connectivity index (χ4n) is 8.38. The fraction of sp³-hybridized carbons (Fsp3) is 0.172. The van der Waals surface area contributed by atoms with Crippen molar-refractivity contribution in [2.45, 2.75) is 66.0 Å². The van der Waals surface area contributed by atoms with Crippen molar-refractivity contribution in [3.05, 3.63) is 192 Å². The second-order valence-corrected chi connectivity index (χ2v) is 17.2. The Bertz CT molecular complexity index is 3400. The minimum atomic E-state index is -3.37. The summed E-state index contributed by atoms with van der Waals surface area (Å²) in [7, 11) is 0. The van der Waals surface area contributed by atoms with Crippen LogP contribution >= 0.6 is 0 Å². The maximum Gasteiger partial charge on any atom is 0.149 e. The van der Waals surface area contributed by atoms with E-state index in [0.29, 0.717) is 28.2 Å². The Morgan fingerprint density at radius 1 is 0.516 bits per heavy atom. The number of rotatable bonds is 7. The van der Waals surface area contributed by atoms with Gasteiger partial charge in [-0.05, 0) is 124 Å². The Hall–Kier alpha value is -7.04. The number of phenolic OH excluding ortho intramolecular Hbond substituents is 1. The molecular formula is C58H53N3O. The number of aromatic nitrogens is 3. The molecule has 0 aliphatic carbocycles. The zero-order valence-corrected chi connectivity index (χ0v) is 35.5. The molecule has 9 rings (SSSR count). The Kier molecular flexibility index (Phi) is 7.86. The number of aromatic hydroxyl groups is 1. The highest BCUT2D eigenvalue weighted by Crippen LogP contribution is 2.44. The lowest BCUT2D eigenvalue weighted by atomic mass is 9.84. The molecule has 0 amide bonds. The van der Waals surface area contributed by atoms with Crippen LogP contribution in [-0.2, 0) is 10.8 Å². The SMILES string of the molecule is [2H]C([2H])([2H])C(c1ccc(-c2ccnc(-c3cc(-c4ccccc4)cc(-c4cccc5c4nc(-c4cc(C)cc(C(C)(C)C)c4O)n5-c4ccc(C)cc4-c4ccccc4)c3)c2)cc1)(C([2H])([2H])[2H])C([2H])([2H])[2H]. The first kappa shape index (κ1) is 30.9. The predicted octanol–water partition coefficient (Wildman–Crippen LogP) is 15.3. The van der Waals surface area contributed by atoms with Crippen LogP contribution in [0.3, 0.4) is 0 Å². The van der Waals surface area contributed by atoms with Gasteiger partial charge in [-0.1, -0.05) is 156 Å². The summed E-state index contributed by atoms with van der Waals surface area (Å²) in [6, 6.07) is 52.6. The molecule has 2 heterocycles. The number of hydrogen-bond donors (Lipinski definition) is 1. The number of hydrogen-bond acceptors (Lipinski definition) is 3. The van der Waals surface area contributed by atoms with E-state index < -0.39 is 26.0 Å². The van der Waals surface area contributed by atoms with Crippen molar-refractivity contribution in [3.63, 3.8) is 0 Å². The second kappa shape index (κ2) is 15.8. The van der Waals surface area contributed by atoms with Gasteiger partial charge in [0.25, 0.3) is 0 Å². The average molecular weight is 817 g/mol. The quantitative estimate of drug-likeness (QED) is 0.174. The van der Waals surface area contributed by atoms with Crippen LogP contribution in [0.5, 0.6) is 5.75 Å². The number of imidazole rings is 1. The van der Waals surface area contributed by atoms with Gasteiger partial charge in [-0.3, -0.25) is 9.55 Å². The number of benzene rings is 7. The van der Waals surface area contributed by atoms with Gasteiger partial charge >= 0.3 is 0 Å². The van der Waals surface area contributed by atoms with E-state index in [1.807, 2.05) is 67.6 Å². The summed E-state index contributed by atoms with van der Waals surface area (Å²) in [4.78, 5) is 10.4. The van der Waals surface area contributed by atoms with E-state index in [9.17, 15) is 5.11 Å². The smallest absolute Gasteiger partial charge is 0.149 e. The highest BCUT2D eigenvalue weighted by Gasteiger charge is 2.27. The summed E-state index contributed by atoms with van der Waals surface area (Å²) in [6.45, 7) is 0.287. The molecular weight excluding hydrogens is 755 g/mol. The van der Waals surface area contributed by atoms with Crippen LogP contribution in [-0.4, -0.2) is 19.6 Å². The number of nitrogens with zero attached hydrogens (tertiary/aromatic N) is 3. The van der Waals surface area contributed by atoms with Gasteiger partial charge in [0.05, 0.1) is 28.0 Å². The number of pyridine rings is 1. The van der Waals surface area contributed by atoms with Gasteiger partial charge in [-0.2, -0.15) is 0 Å². The Morgan fingerprint density at radius 2 is 1.18 bits per heavy atom. The van der Waals surface area contributed by atoms with Crippen LogP contribution in [0.4, 0.5) is 0 Å². The summed E-state index contributed by atoms with van der Waals surface area (Å²) >= 11 is 0. The van der Waals surface area contributed by atoms with Crippen LogP contribution in [0.1, 0.15) is 75.9 Å². The molecule has 0 saturated carbocycles. The second-order valence-electron chi connectivity index (χ2n) is 17.2. The van der Waals surface area contributed by atoms with Gasteiger partial charge in [0.1, 0.15) is 11.6 Å². The molecule has 9 aromatic rings. The summed E-state index contributed by atoms with van der Waals surface area (Å²) in [5.41, 5.74) is 10.6. The largest absolute Gasteiger partial charge is 0.507 e. The molecule has 1 N–H and O–H groups in total. The van der Waals surface area contributed by atoms with Crippen molar-refractivity contribution in [2.75, 3.05) is 0 Å². The lowest BCUT2D eigenvalue weighted by Crippen LogP contribution is -2.12. The molecule has 62 heavy (non-hydrogen) atoms. The van der Waals surface area contributed by atoms with E-state index in [2.05, 4.69) is 105 Å². The Balaban J connectivity index is 1.25. The van der Waals surface area contributed by atoms with E-state index in [1.54, 1.807) is 24.4 Å². The molecule has 306 valence electrons. The first-order valence-electron chi connectivity index (χ1n) is 25.3. The van der Waals surface area contributed by atoms with Gasteiger partial charge in [-0.25, -0.2) is 4.98 Å². The number of para-hydroxylation sites is 1. The van der Waals surface area contributed by atoms with E-state index in [0.717, 1.165) is 72.4 Å². The molecule has 0 saturated heterocycles. The standard InChI is InChI=1S/C58H53N3O/c1-37-22-27-52(48(30-37)41-18-13-10-14-19-41)61-53-21-15-20-47(54(53)60-56(61)49-31-38(2)32-50(55(49)62)58(6,7)8)44-33-43(39-16-11-9-12-17-39)34-45(35-44)51-36-42(28-29-59-51)40-23-25-46(26-24-40)57(3,4)5/h9-36,62H,1-8H3/i3D3,4D3,5D3. The van der Waals surface area contributed by atoms with E-state index >= 15 is 0 Å². The van der Waals surface area contributed by atoms with E-state index in [1.165, 1.54) is 12.1 Å². The van der Waals surface area contributed by atoms with Crippen molar-refractivity contribution < 1.29 is 17.4 Å². The maximum absolute atomic E-state index is 12.3. The number of phenols is 1. The monoisotopic (exact) mass is 816 g/mol. The molecule has 0 atom stereocenters. The molecule has 0 bridgehead atoms. The van der Waals surface area contributed by atoms with Crippen molar-refractivity contribution in [2.24, 2.45) is 0 Å². The third-order valence-electron chi connectivity index (χ3n) is 11.5. The molecule has 2 aromatic heterocycles. The zero-order valence-electron chi connectivity index (χ0n) is 44.5. The molecule has 0 unspecified atom stereocenters.